The fourth-order valence-corrected chi connectivity index (χ4v) is 3.95. The number of esters is 1. The number of benzene rings is 1. The number of nitrogens with zero attached hydrogens (tertiary/aromatic N) is 2. The lowest BCUT2D eigenvalue weighted by molar-refractivity contribution is 0.0607. The van der Waals surface area contributed by atoms with Crippen molar-refractivity contribution in [2.75, 3.05) is 13.4 Å². The molecule has 0 unspecified atom stereocenters. The molecule has 0 atom stereocenters. The van der Waals surface area contributed by atoms with Gasteiger partial charge in [0.25, 0.3) is 0 Å². The summed E-state index contributed by atoms with van der Waals surface area (Å²) in [4.78, 5) is 20.5. The topological polar surface area (TPSA) is 86.2 Å². The number of methoxy groups -OCH3 is 1. The van der Waals surface area contributed by atoms with E-state index in [1.54, 1.807) is 24.3 Å². The number of halogens is 1. The van der Waals surface area contributed by atoms with Crippen molar-refractivity contribution in [1.29, 1.82) is 0 Å². The molecule has 0 spiro atoms. The SMILES string of the molecule is COC(=O)c1sc2cnc(S(C)(=O)=O)nc2c1-c1cccc(Cl)c1. The van der Waals surface area contributed by atoms with Crippen molar-refractivity contribution in [2.24, 2.45) is 0 Å². The maximum absolute atomic E-state index is 12.1. The second-order valence-corrected chi connectivity index (χ2v) is 8.34. The van der Waals surface area contributed by atoms with Gasteiger partial charge in [-0.05, 0) is 17.7 Å². The lowest BCUT2D eigenvalue weighted by atomic mass is 10.1. The second kappa shape index (κ2) is 6.12. The van der Waals surface area contributed by atoms with Crippen molar-refractivity contribution in [1.82, 2.24) is 9.97 Å². The van der Waals surface area contributed by atoms with Gasteiger partial charge in [-0.15, -0.1) is 11.3 Å². The van der Waals surface area contributed by atoms with Gasteiger partial charge in [0, 0.05) is 23.0 Å². The molecular formula is C15H11ClN2O4S2. The molecule has 0 radical (unpaired) electrons. The molecule has 3 rings (SSSR count). The zero-order valence-corrected chi connectivity index (χ0v) is 15.0. The fraction of sp³-hybridized carbons (Fsp3) is 0.133. The number of ether oxygens (including phenoxy) is 1. The summed E-state index contributed by atoms with van der Waals surface area (Å²) in [6.45, 7) is 0. The molecule has 3 aromatic rings. The lowest BCUT2D eigenvalue weighted by Gasteiger charge is -2.04. The third kappa shape index (κ3) is 3.00. The maximum atomic E-state index is 12.1. The smallest absolute Gasteiger partial charge is 0.348 e. The number of hydrogen-bond acceptors (Lipinski definition) is 7. The van der Waals surface area contributed by atoms with Gasteiger partial charge in [-0.1, -0.05) is 23.7 Å². The lowest BCUT2D eigenvalue weighted by Crippen LogP contribution is -2.04. The number of sulfone groups is 1. The number of rotatable bonds is 3. The molecule has 124 valence electrons. The Morgan fingerprint density at radius 3 is 2.71 bits per heavy atom. The Kier molecular flexibility index (Phi) is 4.29. The number of fused-ring (bicyclic) bond motifs is 1. The van der Waals surface area contributed by atoms with Gasteiger partial charge in [0.05, 0.1) is 17.3 Å². The van der Waals surface area contributed by atoms with Crippen LogP contribution in [0.15, 0.2) is 35.6 Å². The van der Waals surface area contributed by atoms with Crippen molar-refractivity contribution < 1.29 is 17.9 Å². The number of aromatic nitrogens is 2. The van der Waals surface area contributed by atoms with E-state index in [9.17, 15) is 13.2 Å². The van der Waals surface area contributed by atoms with Gasteiger partial charge in [-0.25, -0.2) is 23.2 Å². The zero-order valence-electron chi connectivity index (χ0n) is 12.6. The molecule has 0 saturated carbocycles. The van der Waals surface area contributed by atoms with Crippen molar-refractivity contribution in [2.45, 2.75) is 5.16 Å². The molecule has 6 nitrogen and oxygen atoms in total. The van der Waals surface area contributed by atoms with Crippen LogP contribution in [0.2, 0.25) is 5.02 Å². The van der Waals surface area contributed by atoms with Crippen LogP contribution in [0.4, 0.5) is 0 Å². The molecule has 0 aliphatic carbocycles. The first-order valence-corrected chi connectivity index (χ1v) is 9.73. The van der Waals surface area contributed by atoms with Crippen LogP contribution >= 0.6 is 22.9 Å². The fourth-order valence-electron chi connectivity index (χ4n) is 2.20. The maximum Gasteiger partial charge on any atom is 0.348 e. The van der Waals surface area contributed by atoms with E-state index in [-0.39, 0.29) is 5.16 Å². The van der Waals surface area contributed by atoms with E-state index < -0.39 is 15.8 Å². The quantitative estimate of drug-likeness (QED) is 0.510. The highest BCUT2D eigenvalue weighted by molar-refractivity contribution is 7.90. The molecule has 0 amide bonds. The third-order valence-corrected chi connectivity index (χ3v) is 5.41. The summed E-state index contributed by atoms with van der Waals surface area (Å²) in [6, 6.07) is 6.88. The number of carbonyl (C=O) groups excluding carboxylic acids is 1. The van der Waals surface area contributed by atoms with Crippen LogP contribution in [0.1, 0.15) is 9.67 Å². The molecule has 0 N–H and O–H groups in total. The summed E-state index contributed by atoms with van der Waals surface area (Å²) in [5.74, 6) is -0.533. The number of thiophene rings is 1. The van der Waals surface area contributed by atoms with Crippen LogP contribution in [-0.2, 0) is 14.6 Å². The molecule has 9 heteroatoms. The largest absolute Gasteiger partial charge is 0.465 e. The molecule has 0 aliphatic rings. The van der Waals surface area contributed by atoms with Crippen LogP contribution in [-0.4, -0.2) is 37.7 Å². The molecule has 0 aliphatic heterocycles. The van der Waals surface area contributed by atoms with Crippen molar-refractivity contribution in [3.8, 4) is 11.1 Å². The van der Waals surface area contributed by atoms with Gasteiger partial charge in [-0.2, -0.15) is 0 Å². The van der Waals surface area contributed by atoms with Gasteiger partial charge in [0.15, 0.2) is 0 Å². The van der Waals surface area contributed by atoms with Crippen LogP contribution in [0.25, 0.3) is 21.3 Å². The molecule has 0 saturated heterocycles. The van der Waals surface area contributed by atoms with Gasteiger partial charge in [0.1, 0.15) is 4.88 Å². The summed E-state index contributed by atoms with van der Waals surface area (Å²) in [5, 5.41) is 0.188. The van der Waals surface area contributed by atoms with Crippen LogP contribution in [0, 0.1) is 0 Å². The molecule has 2 aromatic heterocycles. The van der Waals surface area contributed by atoms with E-state index in [0.29, 0.717) is 31.2 Å². The normalized spacial score (nSPS) is 11.6. The monoisotopic (exact) mass is 382 g/mol. The Hall–Kier alpha value is -2.03. The second-order valence-electron chi connectivity index (χ2n) is 4.95. The predicted molar refractivity (Wildman–Crippen MR) is 92.3 cm³/mol. The average molecular weight is 383 g/mol. The standard InChI is InChI=1S/C15H11ClN2O4S2/c1-22-14(19)13-11(8-4-3-5-9(16)6-8)12-10(23-13)7-17-15(18-12)24(2,20)21/h3-7H,1-2H3. The highest BCUT2D eigenvalue weighted by Crippen LogP contribution is 2.38. The van der Waals surface area contributed by atoms with Crippen LogP contribution in [0.3, 0.4) is 0 Å². The predicted octanol–water partition coefficient (Wildman–Crippen LogP) is 3.20. The molecular weight excluding hydrogens is 372 g/mol. The van der Waals surface area contributed by atoms with Gasteiger partial charge in [0.2, 0.25) is 15.0 Å². The van der Waals surface area contributed by atoms with E-state index in [2.05, 4.69) is 9.97 Å². The summed E-state index contributed by atoms with van der Waals surface area (Å²) in [5.41, 5.74) is 1.50. The Labute approximate surface area is 147 Å². The first kappa shape index (κ1) is 16.8. The minimum Gasteiger partial charge on any atom is -0.465 e. The minimum absolute atomic E-state index is 0.299. The Bertz CT molecular complexity index is 1060. The molecule has 1 aromatic carbocycles. The summed E-state index contributed by atoms with van der Waals surface area (Å²) in [7, 11) is -2.30. The third-order valence-electron chi connectivity index (χ3n) is 3.22. The van der Waals surface area contributed by atoms with E-state index in [1.807, 2.05) is 0 Å². The van der Waals surface area contributed by atoms with E-state index in [4.69, 9.17) is 16.3 Å². The summed E-state index contributed by atoms with van der Waals surface area (Å²) >= 11 is 7.18. The summed E-state index contributed by atoms with van der Waals surface area (Å²) in [6.07, 6.45) is 2.42. The highest BCUT2D eigenvalue weighted by atomic mass is 35.5. The highest BCUT2D eigenvalue weighted by Gasteiger charge is 2.23. The first-order chi connectivity index (χ1) is 11.3. The van der Waals surface area contributed by atoms with Crippen LogP contribution in [0.5, 0.6) is 0 Å². The molecule has 24 heavy (non-hydrogen) atoms. The Balaban J connectivity index is 2.39. The average Bonchev–Trinajstić information content (AvgIpc) is 2.91. The Morgan fingerprint density at radius 1 is 1.33 bits per heavy atom. The zero-order chi connectivity index (χ0) is 17.5. The van der Waals surface area contributed by atoms with Crippen molar-refractivity contribution >= 4 is 49.0 Å². The Morgan fingerprint density at radius 2 is 2.08 bits per heavy atom. The van der Waals surface area contributed by atoms with E-state index >= 15 is 0 Å². The molecule has 0 fully saturated rings. The van der Waals surface area contributed by atoms with Crippen LogP contribution < -0.4 is 0 Å². The van der Waals surface area contributed by atoms with Crippen molar-refractivity contribution in [3.63, 3.8) is 0 Å². The number of carbonyl (C=O) groups is 1. The summed E-state index contributed by atoms with van der Waals surface area (Å²) < 4.78 is 28.9. The first-order valence-electron chi connectivity index (χ1n) is 6.65. The van der Waals surface area contributed by atoms with Crippen molar-refractivity contribution in [3.05, 3.63) is 40.4 Å². The van der Waals surface area contributed by atoms with E-state index in [1.165, 1.54) is 13.3 Å². The van der Waals surface area contributed by atoms with Gasteiger partial charge >= 0.3 is 5.97 Å². The minimum atomic E-state index is -3.58. The number of hydrogen-bond donors (Lipinski definition) is 0. The van der Waals surface area contributed by atoms with Gasteiger partial charge < -0.3 is 4.74 Å². The molecule has 2 heterocycles. The molecule has 0 bridgehead atoms. The van der Waals surface area contributed by atoms with E-state index in [0.717, 1.165) is 17.6 Å². The van der Waals surface area contributed by atoms with Gasteiger partial charge in [-0.3, -0.25) is 0 Å².